The summed E-state index contributed by atoms with van der Waals surface area (Å²) in [5.41, 5.74) is 0.723. The Morgan fingerprint density at radius 3 is 2.61 bits per heavy atom. The zero-order valence-corrected chi connectivity index (χ0v) is 13.0. The predicted molar refractivity (Wildman–Crippen MR) is 75.0 cm³/mol. The maximum absolute atomic E-state index is 12.5. The van der Waals surface area contributed by atoms with E-state index in [1.165, 1.54) is 4.31 Å². The minimum Gasteiger partial charge on any atom is -0.396 e. The second-order valence-electron chi connectivity index (χ2n) is 3.98. The zero-order chi connectivity index (χ0) is 13.8. The van der Waals surface area contributed by atoms with Crippen molar-refractivity contribution in [3.63, 3.8) is 0 Å². The van der Waals surface area contributed by atoms with Crippen molar-refractivity contribution in [2.45, 2.75) is 25.2 Å². The first-order valence-electron chi connectivity index (χ1n) is 5.80. The molecule has 0 saturated carbocycles. The van der Waals surface area contributed by atoms with Gasteiger partial charge >= 0.3 is 0 Å². The van der Waals surface area contributed by atoms with Crippen LogP contribution in [0.25, 0.3) is 0 Å². The van der Waals surface area contributed by atoms with E-state index in [2.05, 4.69) is 15.9 Å². The molecule has 0 bridgehead atoms. The van der Waals surface area contributed by atoms with Crippen molar-refractivity contribution >= 4 is 26.0 Å². The van der Waals surface area contributed by atoms with Crippen LogP contribution in [0.2, 0.25) is 0 Å². The molecule has 0 spiro atoms. The number of aliphatic hydroxyl groups is 1. The first-order chi connectivity index (χ1) is 8.43. The molecule has 1 rings (SSSR count). The number of nitrogens with zero attached hydrogens (tertiary/aromatic N) is 1. The Balaban J connectivity index is 3.14. The first-order valence-corrected chi connectivity index (χ1v) is 8.04. The standard InChI is InChI=1S/C12H18BrNO3S/c1-3-14(7-4-8-15)18(16,17)12-9-11(13)6-5-10(12)2/h5-6,9,15H,3-4,7-8H2,1-2H3. The van der Waals surface area contributed by atoms with Crippen LogP contribution >= 0.6 is 15.9 Å². The molecular weight excluding hydrogens is 318 g/mol. The Hall–Kier alpha value is -0.430. The van der Waals surface area contributed by atoms with Crippen LogP contribution in [0.3, 0.4) is 0 Å². The largest absolute Gasteiger partial charge is 0.396 e. The van der Waals surface area contributed by atoms with Gasteiger partial charge in [-0.3, -0.25) is 0 Å². The summed E-state index contributed by atoms with van der Waals surface area (Å²) in [5.74, 6) is 0. The summed E-state index contributed by atoms with van der Waals surface area (Å²) in [5, 5.41) is 8.82. The molecule has 0 aliphatic heterocycles. The molecule has 0 aliphatic rings. The van der Waals surface area contributed by atoms with E-state index in [9.17, 15) is 8.42 Å². The summed E-state index contributed by atoms with van der Waals surface area (Å²) in [6.45, 7) is 4.29. The van der Waals surface area contributed by atoms with Crippen LogP contribution in [0, 0.1) is 6.92 Å². The smallest absolute Gasteiger partial charge is 0.243 e. The Morgan fingerprint density at radius 1 is 1.39 bits per heavy atom. The molecule has 102 valence electrons. The monoisotopic (exact) mass is 335 g/mol. The van der Waals surface area contributed by atoms with Crippen molar-refractivity contribution in [3.05, 3.63) is 28.2 Å². The Kier molecular flexibility index (Phi) is 5.78. The fourth-order valence-electron chi connectivity index (χ4n) is 1.69. The summed E-state index contributed by atoms with van der Waals surface area (Å²) >= 11 is 3.29. The Labute approximate surface area is 117 Å². The molecule has 18 heavy (non-hydrogen) atoms. The minimum absolute atomic E-state index is 0.0104. The number of aryl methyl sites for hydroxylation is 1. The van der Waals surface area contributed by atoms with Crippen molar-refractivity contribution in [2.75, 3.05) is 19.7 Å². The quantitative estimate of drug-likeness (QED) is 0.866. The molecular formula is C12H18BrNO3S. The number of aliphatic hydroxyl groups excluding tert-OH is 1. The first kappa shape index (κ1) is 15.6. The normalized spacial score (nSPS) is 12.1. The van der Waals surface area contributed by atoms with Crippen molar-refractivity contribution in [3.8, 4) is 0 Å². The van der Waals surface area contributed by atoms with Gasteiger partial charge in [0.05, 0.1) is 4.90 Å². The summed E-state index contributed by atoms with van der Waals surface area (Å²) in [6.07, 6.45) is 0.445. The highest BCUT2D eigenvalue weighted by Gasteiger charge is 2.24. The predicted octanol–water partition coefficient (Wildman–Crippen LogP) is 2.15. The van der Waals surface area contributed by atoms with Crippen LogP contribution in [-0.2, 0) is 10.0 Å². The van der Waals surface area contributed by atoms with Gasteiger partial charge in [-0.15, -0.1) is 0 Å². The topological polar surface area (TPSA) is 57.6 Å². The third-order valence-corrected chi connectivity index (χ3v) is 5.30. The van der Waals surface area contributed by atoms with Gasteiger partial charge in [0.25, 0.3) is 0 Å². The van der Waals surface area contributed by atoms with E-state index in [4.69, 9.17) is 5.11 Å². The lowest BCUT2D eigenvalue weighted by Gasteiger charge is -2.21. The van der Waals surface area contributed by atoms with Gasteiger partial charge in [0.15, 0.2) is 0 Å². The fourth-order valence-corrected chi connectivity index (χ4v) is 3.94. The summed E-state index contributed by atoms with van der Waals surface area (Å²) in [7, 11) is -3.48. The lowest BCUT2D eigenvalue weighted by molar-refractivity contribution is 0.271. The fraction of sp³-hybridized carbons (Fsp3) is 0.500. The van der Waals surface area contributed by atoms with E-state index in [0.29, 0.717) is 24.4 Å². The second kappa shape index (κ2) is 6.65. The van der Waals surface area contributed by atoms with E-state index >= 15 is 0 Å². The molecule has 0 unspecified atom stereocenters. The molecule has 0 saturated heterocycles. The summed E-state index contributed by atoms with van der Waals surface area (Å²) in [4.78, 5) is 0.316. The van der Waals surface area contributed by atoms with E-state index < -0.39 is 10.0 Å². The van der Waals surface area contributed by atoms with Crippen LogP contribution in [0.5, 0.6) is 0 Å². The number of hydrogen-bond donors (Lipinski definition) is 1. The van der Waals surface area contributed by atoms with Crippen molar-refractivity contribution in [1.29, 1.82) is 0 Å². The van der Waals surface area contributed by atoms with Crippen molar-refractivity contribution in [2.24, 2.45) is 0 Å². The van der Waals surface area contributed by atoms with Gasteiger partial charge in [0.2, 0.25) is 10.0 Å². The average molecular weight is 336 g/mol. The SMILES string of the molecule is CCN(CCCO)S(=O)(=O)c1cc(Br)ccc1C. The summed E-state index contributed by atoms with van der Waals surface area (Å²) < 4.78 is 27.1. The molecule has 1 aromatic carbocycles. The maximum atomic E-state index is 12.5. The molecule has 0 atom stereocenters. The van der Waals surface area contributed by atoms with Crippen LogP contribution in [0.4, 0.5) is 0 Å². The maximum Gasteiger partial charge on any atom is 0.243 e. The van der Waals surface area contributed by atoms with E-state index in [0.717, 1.165) is 10.0 Å². The molecule has 1 aromatic rings. The van der Waals surface area contributed by atoms with Crippen LogP contribution < -0.4 is 0 Å². The molecule has 6 heteroatoms. The van der Waals surface area contributed by atoms with Crippen molar-refractivity contribution < 1.29 is 13.5 Å². The van der Waals surface area contributed by atoms with Gasteiger partial charge in [0, 0.05) is 24.2 Å². The highest BCUT2D eigenvalue weighted by atomic mass is 79.9. The Morgan fingerprint density at radius 2 is 2.06 bits per heavy atom. The lowest BCUT2D eigenvalue weighted by Crippen LogP contribution is -2.32. The van der Waals surface area contributed by atoms with E-state index in [1.807, 2.05) is 6.07 Å². The zero-order valence-electron chi connectivity index (χ0n) is 10.6. The molecule has 0 amide bonds. The van der Waals surface area contributed by atoms with Gasteiger partial charge in [0.1, 0.15) is 0 Å². The summed E-state index contributed by atoms with van der Waals surface area (Å²) in [6, 6.07) is 5.21. The molecule has 4 nitrogen and oxygen atoms in total. The van der Waals surface area contributed by atoms with Crippen LogP contribution in [-0.4, -0.2) is 37.5 Å². The number of sulfonamides is 1. The lowest BCUT2D eigenvalue weighted by atomic mass is 10.2. The number of halogens is 1. The third kappa shape index (κ3) is 3.54. The van der Waals surface area contributed by atoms with Crippen LogP contribution in [0.15, 0.2) is 27.6 Å². The molecule has 0 aromatic heterocycles. The molecule has 0 fully saturated rings. The van der Waals surface area contributed by atoms with E-state index in [-0.39, 0.29) is 6.61 Å². The molecule has 0 heterocycles. The van der Waals surface area contributed by atoms with Gasteiger partial charge in [-0.25, -0.2) is 8.42 Å². The van der Waals surface area contributed by atoms with E-state index in [1.54, 1.807) is 26.0 Å². The number of benzene rings is 1. The van der Waals surface area contributed by atoms with Gasteiger partial charge < -0.3 is 5.11 Å². The highest BCUT2D eigenvalue weighted by molar-refractivity contribution is 9.10. The van der Waals surface area contributed by atoms with Gasteiger partial charge in [-0.2, -0.15) is 4.31 Å². The average Bonchev–Trinajstić information content (AvgIpc) is 2.33. The second-order valence-corrected chi connectivity index (χ2v) is 6.81. The number of hydrogen-bond acceptors (Lipinski definition) is 3. The molecule has 0 aliphatic carbocycles. The van der Waals surface area contributed by atoms with Gasteiger partial charge in [-0.05, 0) is 31.0 Å². The molecule has 0 radical (unpaired) electrons. The third-order valence-electron chi connectivity index (χ3n) is 2.69. The molecule has 1 N–H and O–H groups in total. The minimum atomic E-state index is -3.48. The van der Waals surface area contributed by atoms with Crippen LogP contribution in [0.1, 0.15) is 18.9 Å². The highest BCUT2D eigenvalue weighted by Crippen LogP contribution is 2.23. The Bertz CT molecular complexity index is 502. The van der Waals surface area contributed by atoms with Crippen molar-refractivity contribution in [1.82, 2.24) is 4.31 Å². The number of rotatable bonds is 6. The van der Waals surface area contributed by atoms with Gasteiger partial charge in [-0.1, -0.05) is 28.9 Å².